The Bertz CT molecular complexity index is 954. The molecule has 3 aromatic rings. The summed E-state index contributed by atoms with van der Waals surface area (Å²) in [5, 5.41) is 2.82. The van der Waals surface area contributed by atoms with Gasteiger partial charge in [0.05, 0.1) is 37.1 Å². The average Bonchev–Trinajstić information content (AvgIpc) is 2.70. The molecule has 6 nitrogen and oxygen atoms in total. The summed E-state index contributed by atoms with van der Waals surface area (Å²) in [6, 6.07) is 13.1. The predicted molar refractivity (Wildman–Crippen MR) is 100.0 cm³/mol. The lowest BCUT2D eigenvalue weighted by atomic mass is 10.2. The summed E-state index contributed by atoms with van der Waals surface area (Å²) in [6.07, 6.45) is 4.73. The average molecular weight is 349 g/mol. The van der Waals surface area contributed by atoms with E-state index in [0.717, 1.165) is 16.6 Å². The van der Waals surface area contributed by atoms with E-state index >= 15 is 0 Å². The molecule has 0 bridgehead atoms. The highest BCUT2D eigenvalue weighted by atomic mass is 16.5. The minimum Gasteiger partial charge on any atom is -0.493 e. The second-order valence-corrected chi connectivity index (χ2v) is 5.52. The largest absolute Gasteiger partial charge is 0.493 e. The number of fused-ring (bicyclic) bond motifs is 1. The van der Waals surface area contributed by atoms with Gasteiger partial charge in [0, 0.05) is 12.6 Å². The second kappa shape index (κ2) is 8.11. The Morgan fingerprint density at radius 2 is 1.85 bits per heavy atom. The quantitative estimate of drug-likeness (QED) is 0.693. The highest BCUT2D eigenvalue weighted by Gasteiger charge is 2.05. The van der Waals surface area contributed by atoms with E-state index in [4.69, 9.17) is 9.47 Å². The standard InChI is InChI=1S/C20H19N3O3/c1-25-18-9-7-14(11-19(18)26-2)12-22-20(24)10-8-15-13-21-16-5-3-4-6-17(16)23-15/h3-11,13H,12H2,1-2H3,(H,22,24)/b10-8+. The number of hydrogen-bond acceptors (Lipinski definition) is 5. The molecule has 1 amide bonds. The highest BCUT2D eigenvalue weighted by molar-refractivity contribution is 5.91. The van der Waals surface area contributed by atoms with E-state index < -0.39 is 0 Å². The van der Waals surface area contributed by atoms with Gasteiger partial charge in [-0.1, -0.05) is 18.2 Å². The Kier molecular flexibility index (Phi) is 5.43. The lowest BCUT2D eigenvalue weighted by Gasteiger charge is -2.09. The summed E-state index contributed by atoms with van der Waals surface area (Å²) in [6.45, 7) is 0.382. The fourth-order valence-electron chi connectivity index (χ4n) is 2.45. The number of carbonyl (C=O) groups is 1. The summed E-state index contributed by atoms with van der Waals surface area (Å²) in [5.41, 5.74) is 3.16. The van der Waals surface area contributed by atoms with Gasteiger partial charge in [-0.05, 0) is 35.9 Å². The lowest BCUT2D eigenvalue weighted by Crippen LogP contribution is -2.20. The zero-order valence-electron chi connectivity index (χ0n) is 14.6. The maximum absolute atomic E-state index is 12.0. The molecule has 0 atom stereocenters. The van der Waals surface area contributed by atoms with Crippen LogP contribution in [0, 0.1) is 0 Å². The first-order chi connectivity index (χ1) is 12.7. The molecular formula is C20H19N3O3. The summed E-state index contributed by atoms with van der Waals surface area (Å²) in [5.74, 6) is 1.06. The normalized spacial score (nSPS) is 10.8. The number of para-hydroxylation sites is 2. The maximum Gasteiger partial charge on any atom is 0.244 e. The molecule has 132 valence electrons. The van der Waals surface area contributed by atoms with E-state index in [1.54, 1.807) is 32.6 Å². The first kappa shape index (κ1) is 17.4. The van der Waals surface area contributed by atoms with Crippen LogP contribution in [-0.4, -0.2) is 30.1 Å². The monoisotopic (exact) mass is 349 g/mol. The van der Waals surface area contributed by atoms with Crippen LogP contribution in [0.5, 0.6) is 11.5 Å². The van der Waals surface area contributed by atoms with Crippen molar-refractivity contribution in [3.8, 4) is 11.5 Å². The van der Waals surface area contributed by atoms with E-state index in [1.165, 1.54) is 6.08 Å². The molecule has 1 heterocycles. The Hall–Kier alpha value is -3.41. The predicted octanol–water partition coefficient (Wildman–Crippen LogP) is 2.98. The molecule has 0 saturated heterocycles. The van der Waals surface area contributed by atoms with Crippen LogP contribution in [0.15, 0.2) is 54.7 Å². The SMILES string of the molecule is COc1ccc(CNC(=O)/C=C/c2cnc3ccccc3n2)cc1OC. The number of hydrogen-bond donors (Lipinski definition) is 1. The number of rotatable bonds is 6. The molecule has 1 aromatic heterocycles. The first-order valence-corrected chi connectivity index (χ1v) is 8.08. The molecular weight excluding hydrogens is 330 g/mol. The van der Waals surface area contributed by atoms with Crippen molar-refractivity contribution in [3.05, 3.63) is 66.0 Å². The third-order valence-corrected chi connectivity index (χ3v) is 3.79. The number of ether oxygens (including phenoxy) is 2. The molecule has 3 rings (SSSR count). The fourth-order valence-corrected chi connectivity index (χ4v) is 2.45. The number of benzene rings is 2. The molecule has 0 aliphatic carbocycles. The number of aromatic nitrogens is 2. The molecule has 0 radical (unpaired) electrons. The van der Waals surface area contributed by atoms with Gasteiger partial charge < -0.3 is 14.8 Å². The number of nitrogens with one attached hydrogen (secondary N) is 1. The van der Waals surface area contributed by atoms with Crippen LogP contribution in [0.25, 0.3) is 17.1 Å². The molecule has 0 aliphatic rings. The molecule has 0 saturated carbocycles. The molecule has 0 spiro atoms. The second-order valence-electron chi connectivity index (χ2n) is 5.52. The van der Waals surface area contributed by atoms with Crippen molar-refractivity contribution in [1.29, 1.82) is 0 Å². The van der Waals surface area contributed by atoms with E-state index in [-0.39, 0.29) is 5.91 Å². The van der Waals surface area contributed by atoms with Crippen LogP contribution in [0.3, 0.4) is 0 Å². The Morgan fingerprint density at radius 3 is 2.62 bits per heavy atom. The van der Waals surface area contributed by atoms with Crippen molar-refractivity contribution in [1.82, 2.24) is 15.3 Å². The van der Waals surface area contributed by atoms with Gasteiger partial charge >= 0.3 is 0 Å². The number of amides is 1. The molecule has 1 N–H and O–H groups in total. The van der Waals surface area contributed by atoms with Gasteiger partial charge in [0.2, 0.25) is 5.91 Å². The van der Waals surface area contributed by atoms with E-state index in [1.807, 2.05) is 36.4 Å². The zero-order chi connectivity index (χ0) is 18.4. The topological polar surface area (TPSA) is 73.3 Å². The van der Waals surface area contributed by atoms with Gasteiger partial charge in [0.1, 0.15) is 0 Å². The molecule has 0 aliphatic heterocycles. The van der Waals surface area contributed by atoms with Crippen molar-refractivity contribution in [2.75, 3.05) is 14.2 Å². The molecule has 6 heteroatoms. The first-order valence-electron chi connectivity index (χ1n) is 8.08. The summed E-state index contributed by atoms with van der Waals surface area (Å²) in [7, 11) is 3.16. The van der Waals surface area contributed by atoms with Gasteiger partial charge in [-0.3, -0.25) is 9.78 Å². The molecule has 0 fully saturated rings. The molecule has 26 heavy (non-hydrogen) atoms. The lowest BCUT2D eigenvalue weighted by molar-refractivity contribution is -0.116. The Balaban J connectivity index is 1.62. The van der Waals surface area contributed by atoms with Crippen molar-refractivity contribution in [3.63, 3.8) is 0 Å². The number of nitrogens with zero attached hydrogens (tertiary/aromatic N) is 2. The zero-order valence-corrected chi connectivity index (χ0v) is 14.6. The van der Waals surface area contributed by atoms with Crippen molar-refractivity contribution in [2.45, 2.75) is 6.54 Å². The van der Waals surface area contributed by atoms with Crippen molar-refractivity contribution >= 4 is 23.0 Å². The molecule has 2 aromatic carbocycles. The van der Waals surface area contributed by atoms with Gasteiger partial charge in [-0.25, -0.2) is 4.98 Å². The third-order valence-electron chi connectivity index (χ3n) is 3.79. The summed E-state index contributed by atoms with van der Waals surface area (Å²) >= 11 is 0. The van der Waals surface area contributed by atoms with Crippen LogP contribution in [-0.2, 0) is 11.3 Å². The Morgan fingerprint density at radius 1 is 1.08 bits per heavy atom. The minimum absolute atomic E-state index is 0.213. The van der Waals surface area contributed by atoms with Crippen LogP contribution >= 0.6 is 0 Å². The van der Waals surface area contributed by atoms with Gasteiger partial charge in [0.25, 0.3) is 0 Å². The van der Waals surface area contributed by atoms with E-state index in [2.05, 4.69) is 15.3 Å². The Labute approximate surface area is 151 Å². The highest BCUT2D eigenvalue weighted by Crippen LogP contribution is 2.27. The number of carbonyl (C=O) groups excluding carboxylic acids is 1. The van der Waals surface area contributed by atoms with Crippen molar-refractivity contribution in [2.24, 2.45) is 0 Å². The van der Waals surface area contributed by atoms with Crippen LogP contribution in [0.4, 0.5) is 0 Å². The number of methoxy groups -OCH3 is 2. The van der Waals surface area contributed by atoms with Crippen molar-refractivity contribution < 1.29 is 14.3 Å². The maximum atomic E-state index is 12.0. The van der Waals surface area contributed by atoms with Gasteiger partial charge in [-0.2, -0.15) is 0 Å². The smallest absolute Gasteiger partial charge is 0.244 e. The van der Waals surface area contributed by atoms with Crippen LogP contribution < -0.4 is 14.8 Å². The van der Waals surface area contributed by atoms with E-state index in [0.29, 0.717) is 23.7 Å². The minimum atomic E-state index is -0.213. The summed E-state index contributed by atoms with van der Waals surface area (Å²) in [4.78, 5) is 20.8. The van der Waals surface area contributed by atoms with Gasteiger partial charge in [0.15, 0.2) is 11.5 Å². The van der Waals surface area contributed by atoms with Gasteiger partial charge in [-0.15, -0.1) is 0 Å². The van der Waals surface area contributed by atoms with Crippen LogP contribution in [0.1, 0.15) is 11.3 Å². The molecule has 0 unspecified atom stereocenters. The van der Waals surface area contributed by atoms with Crippen LogP contribution in [0.2, 0.25) is 0 Å². The third kappa shape index (κ3) is 4.16. The summed E-state index contributed by atoms with van der Waals surface area (Å²) < 4.78 is 10.5. The van der Waals surface area contributed by atoms with E-state index in [9.17, 15) is 4.79 Å². The fraction of sp³-hybridized carbons (Fsp3) is 0.150.